The molecule has 2 aliphatic heterocycles. The Morgan fingerprint density at radius 1 is 1.16 bits per heavy atom. The predicted octanol–water partition coefficient (Wildman–Crippen LogP) is 2.94. The second-order valence-electron chi connectivity index (χ2n) is 8.66. The third-order valence-corrected chi connectivity index (χ3v) is 6.35. The first kappa shape index (κ1) is 21.9. The van der Waals surface area contributed by atoms with Gasteiger partial charge in [-0.25, -0.2) is 4.39 Å². The Hall–Kier alpha value is -2.28. The number of halogens is 1. The first-order valence-electron chi connectivity index (χ1n) is 11.2. The van der Waals surface area contributed by atoms with Crippen LogP contribution < -0.4 is 5.32 Å². The van der Waals surface area contributed by atoms with Crippen LogP contribution in [0.15, 0.2) is 42.5 Å². The molecule has 0 radical (unpaired) electrons. The molecular weight excluding hydrogens is 395 g/mol. The van der Waals surface area contributed by atoms with E-state index in [1.54, 1.807) is 12.1 Å². The molecule has 2 aliphatic rings. The lowest BCUT2D eigenvalue weighted by Crippen LogP contribution is -2.42. The van der Waals surface area contributed by atoms with E-state index >= 15 is 0 Å². The van der Waals surface area contributed by atoms with Crippen LogP contribution in [0.25, 0.3) is 0 Å². The third-order valence-electron chi connectivity index (χ3n) is 6.35. The van der Waals surface area contributed by atoms with Crippen molar-refractivity contribution < 1.29 is 19.0 Å². The summed E-state index contributed by atoms with van der Waals surface area (Å²) in [7, 11) is 0. The maximum Gasteiger partial charge on any atom is 0.254 e. The molecule has 1 amide bonds. The lowest BCUT2D eigenvalue weighted by atomic mass is 9.91. The molecule has 0 bridgehead atoms. The zero-order valence-corrected chi connectivity index (χ0v) is 17.9. The number of benzene rings is 2. The van der Waals surface area contributed by atoms with Gasteiger partial charge in [0.1, 0.15) is 5.82 Å². The minimum atomic E-state index is -0.706. The van der Waals surface area contributed by atoms with Gasteiger partial charge in [0.05, 0.1) is 11.7 Å². The average molecular weight is 427 g/mol. The van der Waals surface area contributed by atoms with E-state index in [0.29, 0.717) is 37.7 Å². The fraction of sp³-hybridized carbons (Fsp3) is 0.480. The van der Waals surface area contributed by atoms with Crippen LogP contribution in [0.1, 0.15) is 39.9 Å². The van der Waals surface area contributed by atoms with Gasteiger partial charge in [0.25, 0.3) is 5.91 Å². The topological polar surface area (TPSA) is 61.8 Å². The number of aliphatic hydroxyl groups is 1. The highest BCUT2D eigenvalue weighted by molar-refractivity contribution is 5.94. The summed E-state index contributed by atoms with van der Waals surface area (Å²) in [5.74, 6) is -0.541. The zero-order chi connectivity index (χ0) is 21.6. The Labute approximate surface area is 183 Å². The van der Waals surface area contributed by atoms with E-state index < -0.39 is 17.8 Å². The van der Waals surface area contributed by atoms with E-state index in [1.807, 2.05) is 6.07 Å². The molecule has 1 fully saturated rings. The molecule has 1 unspecified atom stereocenters. The molecule has 0 spiro atoms. The molecule has 0 aromatic heterocycles. The lowest BCUT2D eigenvalue weighted by Gasteiger charge is -2.30. The average Bonchev–Trinajstić information content (AvgIpc) is 2.79. The highest BCUT2D eigenvalue weighted by Crippen LogP contribution is 2.23. The molecule has 5 nitrogen and oxygen atoms in total. The molecule has 4 rings (SSSR count). The van der Waals surface area contributed by atoms with Gasteiger partial charge in [-0.15, -0.1) is 0 Å². The Morgan fingerprint density at radius 3 is 2.74 bits per heavy atom. The van der Waals surface area contributed by atoms with Gasteiger partial charge >= 0.3 is 0 Å². The lowest BCUT2D eigenvalue weighted by molar-refractivity contribution is 0.0662. The molecular formula is C25H31FN2O3. The summed E-state index contributed by atoms with van der Waals surface area (Å²) in [6, 6.07) is 13.3. The number of rotatable bonds is 7. The second-order valence-corrected chi connectivity index (χ2v) is 8.66. The summed E-state index contributed by atoms with van der Waals surface area (Å²) in [4.78, 5) is 14.8. The fourth-order valence-corrected chi connectivity index (χ4v) is 4.55. The summed E-state index contributed by atoms with van der Waals surface area (Å²) in [6.07, 6.45) is 2.71. The number of ether oxygens (including phenoxy) is 1. The van der Waals surface area contributed by atoms with Crippen molar-refractivity contribution in [2.75, 3.05) is 32.8 Å². The second kappa shape index (κ2) is 10.4. The molecule has 1 saturated heterocycles. The highest BCUT2D eigenvalue weighted by atomic mass is 19.1. The van der Waals surface area contributed by atoms with Crippen LogP contribution in [0.2, 0.25) is 0 Å². The number of carbonyl (C=O) groups is 1. The van der Waals surface area contributed by atoms with Crippen molar-refractivity contribution in [1.82, 2.24) is 10.2 Å². The number of amides is 1. The number of hydrogen-bond acceptors (Lipinski definition) is 4. The van der Waals surface area contributed by atoms with E-state index in [4.69, 9.17) is 4.74 Å². The zero-order valence-electron chi connectivity index (χ0n) is 17.9. The van der Waals surface area contributed by atoms with Gasteiger partial charge in [-0.3, -0.25) is 9.69 Å². The first-order valence-corrected chi connectivity index (χ1v) is 11.2. The molecule has 0 saturated carbocycles. The smallest absolute Gasteiger partial charge is 0.254 e. The van der Waals surface area contributed by atoms with Crippen LogP contribution in [0.4, 0.5) is 4.39 Å². The van der Waals surface area contributed by atoms with E-state index in [2.05, 4.69) is 28.4 Å². The van der Waals surface area contributed by atoms with Crippen molar-refractivity contribution in [2.24, 2.45) is 5.92 Å². The maximum atomic E-state index is 15.0. The molecule has 2 N–H and O–H groups in total. The third kappa shape index (κ3) is 5.70. The molecule has 2 aromatic carbocycles. The number of fused-ring (bicyclic) bond motifs is 1. The minimum absolute atomic E-state index is 0.0451. The summed E-state index contributed by atoms with van der Waals surface area (Å²) in [5.41, 5.74) is 3.27. The van der Waals surface area contributed by atoms with Gasteiger partial charge in [0.2, 0.25) is 0 Å². The Kier molecular flexibility index (Phi) is 7.33. The van der Waals surface area contributed by atoms with Crippen LogP contribution in [-0.4, -0.2) is 54.9 Å². The number of nitrogens with zero attached hydrogens (tertiary/aromatic N) is 1. The van der Waals surface area contributed by atoms with E-state index in [0.717, 1.165) is 32.4 Å². The normalized spacial score (nSPS) is 18.4. The minimum Gasteiger partial charge on any atom is -0.390 e. The SMILES string of the molecule is O=C(NCC(O)CN1CCc2ccccc2C1)c1cccc(CC2CCOCC2)c1F. The van der Waals surface area contributed by atoms with Crippen LogP contribution in [0.5, 0.6) is 0 Å². The van der Waals surface area contributed by atoms with Crippen molar-refractivity contribution in [3.63, 3.8) is 0 Å². The van der Waals surface area contributed by atoms with E-state index in [1.165, 1.54) is 17.2 Å². The van der Waals surface area contributed by atoms with Gasteiger partial charge in [-0.1, -0.05) is 36.4 Å². The quantitative estimate of drug-likeness (QED) is 0.715. The van der Waals surface area contributed by atoms with E-state index in [-0.39, 0.29) is 12.1 Å². The standard InChI is InChI=1S/C25H31FN2O3/c26-24-20(14-18-9-12-31-13-10-18)6-3-7-23(24)25(30)27-15-22(29)17-28-11-8-19-4-1-2-5-21(19)16-28/h1-7,18,22,29H,8-17H2,(H,27,30). The number of β-amino-alcohol motifs (C(OH)–C–C–N with tert-alkyl or cyclic N) is 1. The van der Waals surface area contributed by atoms with Crippen LogP contribution in [-0.2, 0) is 24.1 Å². The van der Waals surface area contributed by atoms with Crippen LogP contribution in [0, 0.1) is 11.7 Å². The summed E-state index contributed by atoms with van der Waals surface area (Å²) >= 11 is 0. The van der Waals surface area contributed by atoms with Crippen LogP contribution >= 0.6 is 0 Å². The predicted molar refractivity (Wildman–Crippen MR) is 117 cm³/mol. The molecule has 1 atom stereocenters. The Morgan fingerprint density at radius 2 is 1.94 bits per heavy atom. The molecule has 0 aliphatic carbocycles. The summed E-state index contributed by atoms with van der Waals surface area (Å²) in [5, 5.41) is 13.1. The van der Waals surface area contributed by atoms with Crippen molar-refractivity contribution >= 4 is 5.91 Å². The van der Waals surface area contributed by atoms with Gasteiger partial charge in [-0.05, 0) is 54.4 Å². The summed E-state index contributed by atoms with van der Waals surface area (Å²) < 4.78 is 20.3. The van der Waals surface area contributed by atoms with Crippen molar-refractivity contribution in [2.45, 2.75) is 38.3 Å². The van der Waals surface area contributed by atoms with Gasteiger partial charge in [0, 0.05) is 39.4 Å². The summed E-state index contributed by atoms with van der Waals surface area (Å²) in [6.45, 7) is 3.68. The van der Waals surface area contributed by atoms with E-state index in [9.17, 15) is 14.3 Å². The van der Waals surface area contributed by atoms with Gasteiger partial charge < -0.3 is 15.2 Å². The van der Waals surface area contributed by atoms with Crippen molar-refractivity contribution in [3.8, 4) is 0 Å². The van der Waals surface area contributed by atoms with Gasteiger partial charge in [-0.2, -0.15) is 0 Å². The Bertz CT molecular complexity index is 898. The highest BCUT2D eigenvalue weighted by Gasteiger charge is 2.22. The molecule has 6 heteroatoms. The fourth-order valence-electron chi connectivity index (χ4n) is 4.55. The monoisotopic (exact) mass is 426 g/mol. The van der Waals surface area contributed by atoms with Crippen molar-refractivity contribution in [3.05, 3.63) is 70.5 Å². The number of nitrogens with one attached hydrogen (secondary N) is 1. The Balaban J connectivity index is 1.29. The molecule has 166 valence electrons. The number of hydrogen-bond donors (Lipinski definition) is 2. The van der Waals surface area contributed by atoms with Crippen LogP contribution in [0.3, 0.4) is 0 Å². The molecule has 2 aromatic rings. The van der Waals surface area contributed by atoms with Crippen molar-refractivity contribution in [1.29, 1.82) is 0 Å². The maximum absolute atomic E-state index is 15.0. The largest absolute Gasteiger partial charge is 0.390 e. The molecule has 31 heavy (non-hydrogen) atoms. The molecule has 2 heterocycles. The van der Waals surface area contributed by atoms with Gasteiger partial charge in [0.15, 0.2) is 0 Å². The number of aliphatic hydroxyl groups excluding tert-OH is 1. The first-order chi connectivity index (χ1) is 15.1. The number of carbonyl (C=O) groups excluding carboxylic acids is 1.